The molecule has 1 saturated carbocycles. The number of ether oxygens (including phenoxy) is 1. The van der Waals surface area contributed by atoms with Gasteiger partial charge in [0.25, 0.3) is 0 Å². The van der Waals surface area contributed by atoms with Crippen LogP contribution in [0.4, 0.5) is 10.1 Å². The van der Waals surface area contributed by atoms with E-state index in [9.17, 15) is 4.39 Å². The summed E-state index contributed by atoms with van der Waals surface area (Å²) in [6, 6.07) is 5.78. The lowest BCUT2D eigenvalue weighted by Crippen LogP contribution is -2.29. The molecule has 0 amide bonds. The molecule has 0 spiro atoms. The van der Waals surface area contributed by atoms with E-state index in [2.05, 4.69) is 4.90 Å². The van der Waals surface area contributed by atoms with Crippen LogP contribution in [0.25, 0.3) is 0 Å². The van der Waals surface area contributed by atoms with Crippen molar-refractivity contribution in [1.29, 1.82) is 0 Å². The average molecular weight is 238 g/mol. The second-order valence-electron chi connectivity index (χ2n) is 4.51. The molecule has 1 aromatic carbocycles. The van der Waals surface area contributed by atoms with Gasteiger partial charge in [-0.05, 0) is 18.9 Å². The fourth-order valence-corrected chi connectivity index (χ4v) is 1.98. The zero-order chi connectivity index (χ0) is 12.3. The molecule has 17 heavy (non-hydrogen) atoms. The number of rotatable bonds is 6. The SMILES string of the molecule is COCCN(Cc1cccc(N)c1F)C1CC1. The third-order valence-corrected chi connectivity index (χ3v) is 3.13. The topological polar surface area (TPSA) is 38.5 Å². The number of nitrogens with two attached hydrogens (primary N) is 1. The molecule has 4 heteroatoms. The van der Waals surface area contributed by atoms with E-state index in [-0.39, 0.29) is 11.5 Å². The second-order valence-corrected chi connectivity index (χ2v) is 4.51. The van der Waals surface area contributed by atoms with Gasteiger partial charge in [0.2, 0.25) is 0 Å². The summed E-state index contributed by atoms with van der Waals surface area (Å²) in [6.07, 6.45) is 2.40. The highest BCUT2D eigenvalue weighted by molar-refractivity contribution is 5.42. The minimum Gasteiger partial charge on any atom is -0.396 e. The maximum absolute atomic E-state index is 13.8. The van der Waals surface area contributed by atoms with Crippen molar-refractivity contribution in [2.75, 3.05) is 26.0 Å². The highest BCUT2D eigenvalue weighted by Crippen LogP contribution is 2.29. The van der Waals surface area contributed by atoms with Crippen molar-refractivity contribution in [3.05, 3.63) is 29.6 Å². The minimum atomic E-state index is -0.282. The van der Waals surface area contributed by atoms with Crippen LogP contribution in [-0.4, -0.2) is 31.2 Å². The summed E-state index contributed by atoms with van der Waals surface area (Å²) in [5, 5.41) is 0. The first kappa shape index (κ1) is 12.3. The van der Waals surface area contributed by atoms with E-state index < -0.39 is 0 Å². The van der Waals surface area contributed by atoms with E-state index in [1.807, 2.05) is 0 Å². The summed E-state index contributed by atoms with van der Waals surface area (Å²) in [7, 11) is 1.69. The molecule has 0 aromatic heterocycles. The Kier molecular flexibility index (Phi) is 3.97. The Balaban J connectivity index is 2.03. The molecular weight excluding hydrogens is 219 g/mol. The highest BCUT2D eigenvalue weighted by atomic mass is 19.1. The van der Waals surface area contributed by atoms with Crippen LogP contribution in [0.2, 0.25) is 0 Å². The van der Waals surface area contributed by atoms with Crippen LogP contribution in [0, 0.1) is 5.82 Å². The number of hydrogen-bond donors (Lipinski definition) is 1. The molecule has 1 aromatic rings. The Hall–Kier alpha value is -1.13. The van der Waals surface area contributed by atoms with Crippen molar-refractivity contribution in [3.8, 4) is 0 Å². The Morgan fingerprint density at radius 2 is 2.24 bits per heavy atom. The molecule has 0 atom stereocenters. The maximum atomic E-state index is 13.8. The van der Waals surface area contributed by atoms with Gasteiger partial charge in [0, 0.05) is 31.8 Å². The normalized spacial score (nSPS) is 15.5. The lowest BCUT2D eigenvalue weighted by Gasteiger charge is -2.22. The largest absolute Gasteiger partial charge is 0.396 e. The summed E-state index contributed by atoms with van der Waals surface area (Å²) < 4.78 is 18.9. The zero-order valence-corrected chi connectivity index (χ0v) is 10.2. The first-order valence-corrected chi connectivity index (χ1v) is 5.98. The summed E-state index contributed by atoms with van der Waals surface area (Å²) in [5.74, 6) is -0.282. The van der Waals surface area contributed by atoms with Crippen molar-refractivity contribution in [3.63, 3.8) is 0 Å². The fraction of sp³-hybridized carbons (Fsp3) is 0.538. The Morgan fingerprint density at radius 1 is 1.47 bits per heavy atom. The van der Waals surface area contributed by atoms with Gasteiger partial charge in [0.1, 0.15) is 0 Å². The third kappa shape index (κ3) is 3.17. The third-order valence-electron chi connectivity index (χ3n) is 3.13. The van der Waals surface area contributed by atoms with Gasteiger partial charge in [0.05, 0.1) is 12.3 Å². The first-order chi connectivity index (χ1) is 8.22. The Morgan fingerprint density at radius 3 is 2.88 bits per heavy atom. The van der Waals surface area contributed by atoms with Crippen molar-refractivity contribution in [2.24, 2.45) is 0 Å². The lowest BCUT2D eigenvalue weighted by atomic mass is 10.1. The van der Waals surface area contributed by atoms with Crippen molar-refractivity contribution >= 4 is 5.69 Å². The molecule has 0 aliphatic heterocycles. The molecule has 0 saturated heterocycles. The van der Waals surface area contributed by atoms with E-state index in [0.717, 1.165) is 6.54 Å². The fourth-order valence-electron chi connectivity index (χ4n) is 1.98. The minimum absolute atomic E-state index is 0.227. The van der Waals surface area contributed by atoms with Crippen LogP contribution in [-0.2, 0) is 11.3 Å². The van der Waals surface area contributed by atoms with Gasteiger partial charge in [-0.25, -0.2) is 4.39 Å². The highest BCUT2D eigenvalue weighted by Gasteiger charge is 2.29. The molecule has 0 heterocycles. The molecule has 1 fully saturated rings. The first-order valence-electron chi connectivity index (χ1n) is 5.98. The number of anilines is 1. The van der Waals surface area contributed by atoms with E-state index >= 15 is 0 Å². The molecule has 1 aliphatic rings. The molecular formula is C13H19FN2O. The number of nitrogens with zero attached hydrogens (tertiary/aromatic N) is 1. The van der Waals surface area contributed by atoms with Gasteiger partial charge in [-0.2, -0.15) is 0 Å². The molecule has 0 radical (unpaired) electrons. The van der Waals surface area contributed by atoms with E-state index in [4.69, 9.17) is 10.5 Å². The number of halogens is 1. The maximum Gasteiger partial charge on any atom is 0.150 e. The van der Waals surface area contributed by atoms with E-state index in [0.29, 0.717) is 24.8 Å². The van der Waals surface area contributed by atoms with Gasteiger partial charge in [-0.15, -0.1) is 0 Å². The van der Waals surface area contributed by atoms with Crippen molar-refractivity contribution in [2.45, 2.75) is 25.4 Å². The van der Waals surface area contributed by atoms with Crippen LogP contribution in [0.1, 0.15) is 18.4 Å². The van der Waals surface area contributed by atoms with Crippen LogP contribution >= 0.6 is 0 Å². The van der Waals surface area contributed by atoms with Gasteiger partial charge >= 0.3 is 0 Å². The summed E-state index contributed by atoms with van der Waals surface area (Å²) >= 11 is 0. The van der Waals surface area contributed by atoms with Crippen molar-refractivity contribution < 1.29 is 9.13 Å². The average Bonchev–Trinajstić information content (AvgIpc) is 3.14. The van der Waals surface area contributed by atoms with Crippen LogP contribution in [0.15, 0.2) is 18.2 Å². The monoisotopic (exact) mass is 238 g/mol. The Bertz CT molecular complexity index is 380. The van der Waals surface area contributed by atoms with Crippen molar-refractivity contribution in [1.82, 2.24) is 4.90 Å². The standard InChI is InChI=1S/C13H19FN2O/c1-17-8-7-16(11-5-6-11)9-10-3-2-4-12(15)13(10)14/h2-4,11H,5-9,15H2,1H3. The molecule has 0 bridgehead atoms. The molecule has 3 nitrogen and oxygen atoms in total. The molecule has 2 rings (SSSR count). The summed E-state index contributed by atoms with van der Waals surface area (Å²) in [4.78, 5) is 2.27. The molecule has 2 N–H and O–H groups in total. The predicted octanol–water partition coefficient (Wildman–Crippen LogP) is 2.02. The lowest BCUT2D eigenvalue weighted by molar-refractivity contribution is 0.139. The van der Waals surface area contributed by atoms with E-state index in [1.165, 1.54) is 12.8 Å². The van der Waals surface area contributed by atoms with E-state index in [1.54, 1.807) is 25.3 Å². The number of benzene rings is 1. The molecule has 0 unspecified atom stereocenters. The van der Waals surface area contributed by atoms with Crippen LogP contribution < -0.4 is 5.73 Å². The van der Waals surface area contributed by atoms with Crippen LogP contribution in [0.5, 0.6) is 0 Å². The van der Waals surface area contributed by atoms with Gasteiger partial charge in [0.15, 0.2) is 5.82 Å². The van der Waals surface area contributed by atoms with Gasteiger partial charge < -0.3 is 10.5 Å². The predicted molar refractivity (Wildman–Crippen MR) is 66.1 cm³/mol. The smallest absolute Gasteiger partial charge is 0.150 e. The van der Waals surface area contributed by atoms with Gasteiger partial charge in [-0.1, -0.05) is 12.1 Å². The molecule has 94 valence electrons. The van der Waals surface area contributed by atoms with Crippen LogP contribution in [0.3, 0.4) is 0 Å². The number of methoxy groups -OCH3 is 1. The number of hydrogen-bond acceptors (Lipinski definition) is 3. The second kappa shape index (κ2) is 5.47. The zero-order valence-electron chi connectivity index (χ0n) is 10.2. The number of nitrogen functional groups attached to an aromatic ring is 1. The summed E-state index contributed by atoms with van der Waals surface area (Å²) in [5.41, 5.74) is 6.47. The van der Waals surface area contributed by atoms with Gasteiger partial charge in [-0.3, -0.25) is 4.90 Å². The molecule has 1 aliphatic carbocycles. The quantitative estimate of drug-likeness (QED) is 0.771. The summed E-state index contributed by atoms with van der Waals surface area (Å²) in [6.45, 7) is 2.14. The Labute approximate surface area is 101 Å².